The number of esters is 2. The van der Waals surface area contributed by atoms with Crippen LogP contribution in [-0.4, -0.2) is 46.3 Å². The normalized spacial score (nSPS) is 32.1. The fourth-order valence-electron chi connectivity index (χ4n) is 6.76. The van der Waals surface area contributed by atoms with Crippen molar-refractivity contribution in [3.05, 3.63) is 0 Å². The quantitative estimate of drug-likeness (QED) is 0.614. The lowest BCUT2D eigenvalue weighted by Gasteiger charge is -2.46. The Morgan fingerprint density at radius 2 is 0.938 bits per heavy atom. The van der Waals surface area contributed by atoms with E-state index in [4.69, 9.17) is 9.47 Å². The second-order valence-electron chi connectivity index (χ2n) is 13.3. The molecule has 0 aromatic heterocycles. The van der Waals surface area contributed by atoms with E-state index in [-0.39, 0.29) is 58.1 Å². The molecule has 3 rings (SSSR count). The highest BCUT2D eigenvalue weighted by molar-refractivity contribution is 5.76. The summed E-state index contributed by atoms with van der Waals surface area (Å²) in [5.41, 5.74) is -0.270. The van der Waals surface area contributed by atoms with Gasteiger partial charge in [0.2, 0.25) is 0 Å². The van der Waals surface area contributed by atoms with Gasteiger partial charge in [0, 0.05) is 47.8 Å². The van der Waals surface area contributed by atoms with E-state index < -0.39 is 0 Å². The summed E-state index contributed by atoms with van der Waals surface area (Å²) in [6.07, 6.45) is 6.08. The molecule has 6 heteroatoms. The molecule has 2 saturated heterocycles. The third-order valence-corrected chi connectivity index (χ3v) is 7.21. The maximum absolute atomic E-state index is 13.0. The molecule has 2 heterocycles. The lowest BCUT2D eigenvalue weighted by molar-refractivity contribution is -0.164. The zero-order valence-corrected chi connectivity index (χ0v) is 21.6. The van der Waals surface area contributed by atoms with Crippen LogP contribution in [0.25, 0.3) is 0 Å². The van der Waals surface area contributed by atoms with Crippen molar-refractivity contribution in [1.29, 1.82) is 0 Å². The summed E-state index contributed by atoms with van der Waals surface area (Å²) < 4.78 is 12.0. The highest BCUT2D eigenvalue weighted by Gasteiger charge is 2.43. The second-order valence-corrected chi connectivity index (χ2v) is 13.3. The van der Waals surface area contributed by atoms with Crippen LogP contribution in [0, 0.1) is 11.8 Å². The third kappa shape index (κ3) is 6.93. The van der Waals surface area contributed by atoms with Gasteiger partial charge in [0.1, 0.15) is 12.2 Å². The Kier molecular flexibility index (Phi) is 7.09. The summed E-state index contributed by atoms with van der Waals surface area (Å²) in [4.78, 5) is 26.0. The Morgan fingerprint density at radius 1 is 0.625 bits per heavy atom. The molecule has 6 nitrogen and oxygen atoms in total. The van der Waals surface area contributed by atoms with E-state index in [9.17, 15) is 9.59 Å². The first-order valence-corrected chi connectivity index (χ1v) is 12.5. The van der Waals surface area contributed by atoms with Crippen molar-refractivity contribution in [2.24, 2.45) is 11.8 Å². The largest absolute Gasteiger partial charge is 0.462 e. The topological polar surface area (TPSA) is 76.7 Å². The van der Waals surface area contributed by atoms with Gasteiger partial charge in [0.15, 0.2) is 0 Å². The van der Waals surface area contributed by atoms with E-state index in [1.165, 1.54) is 0 Å². The molecule has 2 aliphatic heterocycles. The molecular formula is C26H46N2O4. The van der Waals surface area contributed by atoms with Crippen molar-refractivity contribution in [3.8, 4) is 0 Å². The monoisotopic (exact) mass is 450 g/mol. The van der Waals surface area contributed by atoms with Crippen molar-refractivity contribution in [1.82, 2.24) is 10.6 Å². The Hall–Kier alpha value is -1.14. The van der Waals surface area contributed by atoms with Crippen molar-refractivity contribution in [3.63, 3.8) is 0 Å². The van der Waals surface area contributed by atoms with Gasteiger partial charge in [0.05, 0.1) is 11.8 Å². The van der Waals surface area contributed by atoms with Gasteiger partial charge >= 0.3 is 11.9 Å². The average molecular weight is 451 g/mol. The number of hydrogen-bond acceptors (Lipinski definition) is 6. The van der Waals surface area contributed by atoms with Gasteiger partial charge < -0.3 is 20.1 Å². The van der Waals surface area contributed by atoms with E-state index >= 15 is 0 Å². The molecule has 184 valence electrons. The molecule has 1 saturated carbocycles. The zero-order chi connectivity index (χ0) is 23.9. The molecule has 0 bridgehead atoms. The van der Waals surface area contributed by atoms with Gasteiger partial charge in [-0.2, -0.15) is 0 Å². The number of piperidine rings is 2. The molecule has 0 aromatic carbocycles. The average Bonchev–Trinajstić information content (AvgIpc) is 2.56. The maximum atomic E-state index is 13.0. The Morgan fingerprint density at radius 3 is 1.25 bits per heavy atom. The van der Waals surface area contributed by atoms with Crippen LogP contribution in [-0.2, 0) is 19.1 Å². The number of carbonyl (C=O) groups excluding carboxylic acids is 2. The van der Waals surface area contributed by atoms with E-state index in [1.54, 1.807) is 0 Å². The summed E-state index contributed by atoms with van der Waals surface area (Å²) in [7, 11) is 0. The summed E-state index contributed by atoms with van der Waals surface area (Å²) in [5.74, 6) is -0.679. The SMILES string of the molecule is CC1(C)CC(OC(=O)C2CCCC(C(=O)OC3CC(C)(C)NC(C)(C)C3)C2)CC(C)(C)N1. The molecular weight excluding hydrogens is 404 g/mol. The fraction of sp³-hybridized carbons (Fsp3) is 0.923. The van der Waals surface area contributed by atoms with Crippen molar-refractivity contribution >= 4 is 11.9 Å². The van der Waals surface area contributed by atoms with Gasteiger partial charge in [-0.25, -0.2) is 0 Å². The highest BCUT2D eigenvalue weighted by atomic mass is 16.5. The molecule has 2 N–H and O–H groups in total. The third-order valence-electron chi connectivity index (χ3n) is 7.21. The van der Waals surface area contributed by atoms with Crippen LogP contribution in [0.3, 0.4) is 0 Å². The van der Waals surface area contributed by atoms with Crippen LogP contribution in [0.2, 0.25) is 0 Å². The van der Waals surface area contributed by atoms with Crippen LogP contribution >= 0.6 is 0 Å². The number of ether oxygens (including phenoxy) is 2. The van der Waals surface area contributed by atoms with Gasteiger partial charge in [0.25, 0.3) is 0 Å². The molecule has 1 aliphatic carbocycles. The molecule has 0 spiro atoms. The van der Waals surface area contributed by atoms with Gasteiger partial charge in [-0.3, -0.25) is 9.59 Å². The number of nitrogens with one attached hydrogen (secondary N) is 2. The predicted molar refractivity (Wildman–Crippen MR) is 126 cm³/mol. The number of carbonyl (C=O) groups is 2. The number of rotatable bonds is 4. The Balaban J connectivity index is 1.55. The molecule has 0 radical (unpaired) electrons. The molecule has 3 fully saturated rings. The minimum absolute atomic E-state index is 0.0675. The summed E-state index contributed by atoms with van der Waals surface area (Å²) in [6, 6.07) is 0. The highest BCUT2D eigenvalue weighted by Crippen LogP contribution is 2.36. The van der Waals surface area contributed by atoms with Gasteiger partial charge in [-0.1, -0.05) is 6.42 Å². The van der Waals surface area contributed by atoms with Gasteiger partial charge in [-0.15, -0.1) is 0 Å². The summed E-state index contributed by atoms with van der Waals surface area (Å²) in [5, 5.41) is 7.26. The number of hydrogen-bond donors (Lipinski definition) is 2. The standard InChI is InChI=1S/C26H46N2O4/c1-23(2)13-19(14-24(3,4)27-23)31-21(29)17-10-9-11-18(12-17)22(30)32-20-15-25(5,6)28-26(7,8)16-20/h17-20,27-28H,9-16H2,1-8H3. The maximum Gasteiger partial charge on any atom is 0.309 e. The van der Waals surface area contributed by atoms with Crippen LogP contribution in [0.4, 0.5) is 0 Å². The summed E-state index contributed by atoms with van der Waals surface area (Å²) >= 11 is 0. The molecule has 0 amide bonds. The first-order valence-electron chi connectivity index (χ1n) is 12.5. The first kappa shape index (κ1) is 25.5. The Labute approximate surface area is 194 Å². The van der Waals surface area contributed by atoms with Crippen LogP contribution < -0.4 is 10.6 Å². The molecule has 3 aliphatic rings. The molecule has 0 aromatic rings. The van der Waals surface area contributed by atoms with Crippen molar-refractivity contribution in [2.75, 3.05) is 0 Å². The van der Waals surface area contributed by atoms with Crippen molar-refractivity contribution < 1.29 is 19.1 Å². The van der Waals surface area contributed by atoms with Crippen molar-refractivity contribution in [2.45, 2.75) is 141 Å². The minimum atomic E-state index is -0.205. The van der Waals surface area contributed by atoms with E-state index in [2.05, 4.69) is 66.0 Å². The van der Waals surface area contributed by atoms with Gasteiger partial charge in [-0.05, 0) is 74.7 Å². The van der Waals surface area contributed by atoms with Crippen LogP contribution in [0.1, 0.15) is 107 Å². The Bertz CT molecular complexity index is 623. The second kappa shape index (κ2) is 8.90. The lowest BCUT2D eigenvalue weighted by atomic mass is 9.79. The predicted octanol–water partition coefficient (Wildman–Crippen LogP) is 4.50. The molecule has 32 heavy (non-hydrogen) atoms. The zero-order valence-electron chi connectivity index (χ0n) is 21.6. The minimum Gasteiger partial charge on any atom is -0.462 e. The lowest BCUT2D eigenvalue weighted by Crippen LogP contribution is -2.60. The van der Waals surface area contributed by atoms with E-state index in [0.717, 1.165) is 44.9 Å². The van der Waals surface area contributed by atoms with E-state index in [1.807, 2.05) is 0 Å². The first-order chi connectivity index (χ1) is 14.5. The van der Waals surface area contributed by atoms with Crippen LogP contribution in [0.5, 0.6) is 0 Å². The van der Waals surface area contributed by atoms with E-state index in [0.29, 0.717) is 6.42 Å². The fourth-order valence-corrected chi connectivity index (χ4v) is 6.76. The molecule has 2 unspecified atom stereocenters. The summed E-state index contributed by atoms with van der Waals surface area (Å²) in [6.45, 7) is 17.3. The smallest absolute Gasteiger partial charge is 0.309 e. The van der Waals surface area contributed by atoms with Crippen LogP contribution in [0.15, 0.2) is 0 Å². The molecule has 2 atom stereocenters.